The molecule has 0 atom stereocenters. The van der Waals surface area contributed by atoms with Gasteiger partial charge in [-0.1, -0.05) is 109 Å². The average Bonchev–Trinajstić information content (AvgIpc) is 3.12. The molecule has 7 nitrogen and oxygen atoms in total. The Morgan fingerprint density at radius 1 is 0.783 bits per heavy atom. The van der Waals surface area contributed by atoms with Crippen molar-refractivity contribution in [3.8, 4) is 5.75 Å². The van der Waals surface area contributed by atoms with E-state index in [2.05, 4.69) is 82.3 Å². The maximum absolute atomic E-state index is 13.0. The van der Waals surface area contributed by atoms with E-state index in [1.807, 2.05) is 48.5 Å². The Bertz CT molecular complexity index is 1470. The van der Waals surface area contributed by atoms with E-state index < -0.39 is 11.5 Å². The normalized spacial score (nSPS) is 13.9. The molecule has 4 aromatic carbocycles. The molecule has 1 aliphatic rings. The number of nitrogens with zero attached hydrogens (tertiary/aromatic N) is 1. The van der Waals surface area contributed by atoms with Crippen molar-refractivity contribution in [2.45, 2.75) is 43.6 Å². The second-order valence-electron chi connectivity index (χ2n) is 12.0. The number of benzene rings is 4. The van der Waals surface area contributed by atoms with Crippen molar-refractivity contribution in [3.05, 3.63) is 138 Å². The van der Waals surface area contributed by atoms with Crippen LogP contribution in [0.5, 0.6) is 5.75 Å². The third-order valence-corrected chi connectivity index (χ3v) is 9.09. The number of carbonyl (C=O) groups is 2. The number of piperidine rings is 1. The molecule has 0 radical (unpaired) electrons. The lowest BCUT2D eigenvalue weighted by molar-refractivity contribution is -0.120. The highest BCUT2D eigenvalue weighted by Crippen LogP contribution is 2.38. The summed E-state index contributed by atoms with van der Waals surface area (Å²) in [5.41, 5.74) is 4.09. The van der Waals surface area contributed by atoms with Crippen LogP contribution in [0.4, 0.5) is 4.79 Å². The van der Waals surface area contributed by atoms with Crippen molar-refractivity contribution < 1.29 is 19.1 Å². The van der Waals surface area contributed by atoms with Crippen LogP contribution < -0.4 is 15.4 Å². The van der Waals surface area contributed by atoms with Gasteiger partial charge in [0.05, 0.1) is 13.7 Å². The van der Waals surface area contributed by atoms with Crippen molar-refractivity contribution in [2.75, 3.05) is 39.8 Å². The summed E-state index contributed by atoms with van der Waals surface area (Å²) in [7, 11) is 1.75. The molecule has 0 saturated carbocycles. The molecule has 0 bridgehead atoms. The fourth-order valence-corrected chi connectivity index (χ4v) is 6.58. The molecule has 240 valence electrons. The van der Waals surface area contributed by atoms with Gasteiger partial charge in [0.15, 0.2) is 0 Å². The van der Waals surface area contributed by atoms with Gasteiger partial charge in [-0.3, -0.25) is 4.79 Å². The first-order valence-electron chi connectivity index (χ1n) is 16.2. The molecule has 0 unspecified atom stereocenters. The minimum atomic E-state index is -0.620. The summed E-state index contributed by atoms with van der Waals surface area (Å²) in [4.78, 5) is 27.9. The molecule has 1 heterocycles. The molecule has 0 aromatic heterocycles. The van der Waals surface area contributed by atoms with E-state index in [1.54, 1.807) is 7.11 Å². The predicted molar refractivity (Wildman–Crippen MR) is 182 cm³/mol. The highest BCUT2D eigenvalue weighted by Gasteiger charge is 2.35. The minimum absolute atomic E-state index is 0.150. The van der Waals surface area contributed by atoms with Gasteiger partial charge in [-0.2, -0.15) is 0 Å². The summed E-state index contributed by atoms with van der Waals surface area (Å²) >= 11 is 0. The molecule has 7 heteroatoms. The highest BCUT2D eigenvalue weighted by atomic mass is 16.5. The Labute approximate surface area is 272 Å². The van der Waals surface area contributed by atoms with E-state index in [0.29, 0.717) is 12.5 Å². The van der Waals surface area contributed by atoms with Gasteiger partial charge in [0.2, 0.25) is 5.91 Å². The number of hydrogen-bond donors (Lipinski definition) is 2. The van der Waals surface area contributed by atoms with Gasteiger partial charge in [0.25, 0.3) is 0 Å². The number of amides is 2. The summed E-state index contributed by atoms with van der Waals surface area (Å²) in [6.07, 6.45) is 3.44. The van der Waals surface area contributed by atoms with Crippen LogP contribution >= 0.6 is 0 Å². The van der Waals surface area contributed by atoms with Crippen LogP contribution in [0.1, 0.15) is 53.9 Å². The zero-order valence-electron chi connectivity index (χ0n) is 26.7. The number of para-hydroxylation sites is 1. The Morgan fingerprint density at radius 2 is 1.37 bits per heavy atom. The van der Waals surface area contributed by atoms with Crippen LogP contribution in [-0.2, 0) is 21.6 Å². The van der Waals surface area contributed by atoms with Crippen molar-refractivity contribution in [3.63, 3.8) is 0 Å². The van der Waals surface area contributed by atoms with Crippen LogP contribution in [0, 0.1) is 0 Å². The van der Waals surface area contributed by atoms with Gasteiger partial charge in [0.1, 0.15) is 12.4 Å². The van der Waals surface area contributed by atoms with Crippen molar-refractivity contribution in [1.82, 2.24) is 15.5 Å². The second kappa shape index (κ2) is 16.6. The van der Waals surface area contributed by atoms with Crippen molar-refractivity contribution in [2.24, 2.45) is 0 Å². The Kier molecular flexibility index (Phi) is 11.8. The number of ether oxygens (including phenoxy) is 2. The molecule has 0 aliphatic carbocycles. The van der Waals surface area contributed by atoms with Gasteiger partial charge < -0.3 is 25.0 Å². The Morgan fingerprint density at radius 3 is 2.00 bits per heavy atom. The molecule has 1 aliphatic heterocycles. The minimum Gasteiger partial charge on any atom is -0.496 e. The third kappa shape index (κ3) is 8.76. The van der Waals surface area contributed by atoms with Crippen LogP contribution in [-0.4, -0.2) is 56.7 Å². The molecule has 5 rings (SSSR count). The van der Waals surface area contributed by atoms with Crippen LogP contribution in [0.15, 0.2) is 115 Å². The molecular weight excluding hydrogens is 574 g/mol. The molecule has 2 N–H and O–H groups in total. The first-order chi connectivity index (χ1) is 22.6. The van der Waals surface area contributed by atoms with Crippen LogP contribution in [0.25, 0.3) is 0 Å². The smallest absolute Gasteiger partial charge is 0.407 e. The summed E-state index contributed by atoms with van der Waals surface area (Å²) in [5.74, 6) is 1.24. The van der Waals surface area contributed by atoms with E-state index in [1.165, 1.54) is 5.56 Å². The number of hydrogen-bond acceptors (Lipinski definition) is 5. The second-order valence-corrected chi connectivity index (χ2v) is 12.0. The van der Waals surface area contributed by atoms with E-state index in [9.17, 15) is 9.59 Å². The van der Waals surface area contributed by atoms with Crippen molar-refractivity contribution in [1.29, 1.82) is 0 Å². The van der Waals surface area contributed by atoms with Crippen LogP contribution in [0.2, 0.25) is 0 Å². The maximum Gasteiger partial charge on any atom is 0.407 e. The number of methoxy groups -OCH3 is 1. The molecule has 0 spiro atoms. The van der Waals surface area contributed by atoms with Gasteiger partial charge in [-0.25, -0.2) is 4.79 Å². The molecule has 1 saturated heterocycles. The first-order valence-corrected chi connectivity index (χ1v) is 16.2. The monoisotopic (exact) mass is 619 g/mol. The molecule has 1 fully saturated rings. The zero-order chi connectivity index (χ0) is 32.0. The van der Waals surface area contributed by atoms with Gasteiger partial charge in [0, 0.05) is 12.0 Å². The number of carbonyl (C=O) groups excluding carboxylic acids is 2. The van der Waals surface area contributed by atoms with E-state index in [-0.39, 0.29) is 19.1 Å². The topological polar surface area (TPSA) is 79.9 Å². The van der Waals surface area contributed by atoms with Gasteiger partial charge in [-0.15, -0.1) is 0 Å². The number of nitrogens with one attached hydrogen (secondary N) is 2. The van der Waals surface area contributed by atoms with Gasteiger partial charge in [-0.05, 0) is 79.6 Å². The SMILES string of the molecule is COc1ccccc1C1CCN(CCCC(CNC(=O)CNC(=O)OCc2ccccc2)(c2ccccc2)c2ccccc2)CC1. The average molecular weight is 620 g/mol. The lowest BCUT2D eigenvalue weighted by Gasteiger charge is -2.37. The summed E-state index contributed by atoms with van der Waals surface area (Å²) in [5, 5.41) is 5.73. The molecular formula is C39H45N3O4. The zero-order valence-corrected chi connectivity index (χ0v) is 26.7. The molecule has 46 heavy (non-hydrogen) atoms. The fourth-order valence-electron chi connectivity index (χ4n) is 6.58. The fraction of sp³-hybridized carbons (Fsp3) is 0.333. The third-order valence-electron chi connectivity index (χ3n) is 9.09. The van der Waals surface area contributed by atoms with Crippen LogP contribution in [0.3, 0.4) is 0 Å². The van der Waals surface area contributed by atoms with Gasteiger partial charge >= 0.3 is 6.09 Å². The predicted octanol–water partition coefficient (Wildman–Crippen LogP) is 6.68. The summed E-state index contributed by atoms with van der Waals surface area (Å²) in [6, 6.07) is 38.7. The Balaban J connectivity index is 1.21. The quantitative estimate of drug-likeness (QED) is 0.165. The van der Waals surface area contributed by atoms with E-state index in [4.69, 9.17) is 9.47 Å². The number of rotatable bonds is 14. The lowest BCUT2D eigenvalue weighted by Crippen LogP contribution is -2.45. The Hall–Kier alpha value is -4.62. The molecule has 4 aromatic rings. The standard InChI is InChI=1S/C39H45N3O4/c1-45-36-21-12-11-20-35(36)32-22-26-42(27-23-32)25-13-24-39(33-16-7-3-8-17-33,34-18-9-4-10-19-34)30-41-37(43)28-40-38(44)46-29-31-14-5-2-6-15-31/h2-12,14-21,32H,13,22-30H2,1H3,(H,40,44)(H,41,43). The van der Waals surface area contributed by atoms with E-state index >= 15 is 0 Å². The highest BCUT2D eigenvalue weighted by molar-refractivity contribution is 5.82. The van der Waals surface area contributed by atoms with E-state index in [0.717, 1.165) is 67.8 Å². The maximum atomic E-state index is 13.0. The lowest BCUT2D eigenvalue weighted by atomic mass is 9.71. The van der Waals surface area contributed by atoms with Crippen molar-refractivity contribution >= 4 is 12.0 Å². The summed E-state index contributed by atoms with van der Waals surface area (Å²) < 4.78 is 10.9. The molecule has 2 amide bonds. The number of alkyl carbamates (subject to hydrolysis) is 1. The number of likely N-dealkylation sites (tertiary alicyclic amines) is 1. The summed E-state index contributed by atoms with van der Waals surface area (Å²) in [6.45, 7) is 3.50. The first kappa shape index (κ1) is 32.8. The largest absolute Gasteiger partial charge is 0.496 e.